The molecule has 0 spiro atoms. The fraction of sp³-hybridized carbons (Fsp3) is 0. The molecule has 0 saturated heterocycles. The second-order valence-electron chi connectivity index (χ2n) is 11.6. The molecule has 2 aromatic heterocycles. The molecule has 0 saturated carbocycles. The van der Waals surface area contributed by atoms with Crippen molar-refractivity contribution in [2.45, 2.75) is 0 Å². The minimum atomic E-state index is 0.965. The van der Waals surface area contributed by atoms with Gasteiger partial charge in [0.2, 0.25) is 0 Å². The van der Waals surface area contributed by atoms with Crippen LogP contribution in [-0.4, -0.2) is 4.98 Å². The van der Waals surface area contributed by atoms with Crippen LogP contribution in [0, 0.1) is 0 Å². The maximum Gasteiger partial charge on any atom is 0.124 e. The molecule has 0 atom stereocenters. The number of benzene rings is 7. The lowest BCUT2D eigenvalue weighted by atomic mass is 10.1. The highest BCUT2D eigenvalue weighted by Gasteiger charge is 2.24. The zero-order valence-corrected chi connectivity index (χ0v) is 27.5. The third kappa shape index (κ3) is 5.01. The topological polar surface area (TPSA) is 19.4 Å². The van der Waals surface area contributed by atoms with Gasteiger partial charge in [-0.1, -0.05) is 97.1 Å². The van der Waals surface area contributed by atoms with Crippen molar-refractivity contribution in [3.8, 4) is 10.6 Å². The standard InChI is InChI=1S/C43H29N3S2/c1-5-15-31(16-6-1)45(32-17-7-2-8-18-32)37-26-27-38(46(33-19-9-3-10-20-33)34-21-11-4-12-22-34)42-41(37)44-43(48-42)30-25-28-40-36(29-30)35-23-13-14-24-39(35)47-40/h1-29H. The van der Waals surface area contributed by atoms with E-state index >= 15 is 0 Å². The maximum absolute atomic E-state index is 5.51. The van der Waals surface area contributed by atoms with Gasteiger partial charge < -0.3 is 9.80 Å². The van der Waals surface area contributed by atoms with Crippen LogP contribution >= 0.6 is 22.7 Å². The first-order valence-corrected chi connectivity index (χ1v) is 17.6. The summed E-state index contributed by atoms with van der Waals surface area (Å²) in [6.07, 6.45) is 0. The molecule has 48 heavy (non-hydrogen) atoms. The fourth-order valence-electron chi connectivity index (χ4n) is 6.48. The molecule has 0 aliphatic heterocycles. The quantitative estimate of drug-likeness (QED) is 0.171. The number of aromatic nitrogens is 1. The maximum atomic E-state index is 5.51. The normalized spacial score (nSPS) is 11.3. The molecular weight excluding hydrogens is 623 g/mol. The zero-order valence-electron chi connectivity index (χ0n) is 25.9. The lowest BCUT2D eigenvalue weighted by Crippen LogP contribution is -2.12. The third-order valence-electron chi connectivity index (χ3n) is 8.66. The Balaban J connectivity index is 1.32. The molecule has 0 N–H and O–H groups in total. The lowest BCUT2D eigenvalue weighted by Gasteiger charge is -2.29. The Morgan fingerprint density at radius 2 is 0.875 bits per heavy atom. The molecule has 0 amide bonds. The van der Waals surface area contributed by atoms with Crippen LogP contribution in [-0.2, 0) is 0 Å². The van der Waals surface area contributed by atoms with Gasteiger partial charge in [0.15, 0.2) is 0 Å². The summed E-state index contributed by atoms with van der Waals surface area (Å²) in [5.74, 6) is 0. The van der Waals surface area contributed by atoms with E-state index in [0.29, 0.717) is 0 Å². The molecule has 0 aliphatic rings. The molecule has 228 valence electrons. The lowest BCUT2D eigenvalue weighted by molar-refractivity contribution is 1.27. The van der Waals surface area contributed by atoms with E-state index in [1.807, 2.05) is 11.3 Å². The molecule has 0 unspecified atom stereocenters. The highest BCUT2D eigenvalue weighted by Crippen LogP contribution is 2.48. The van der Waals surface area contributed by atoms with Crippen LogP contribution < -0.4 is 9.80 Å². The minimum Gasteiger partial charge on any atom is -0.309 e. The van der Waals surface area contributed by atoms with Gasteiger partial charge in [-0.15, -0.1) is 22.7 Å². The molecule has 2 heterocycles. The van der Waals surface area contributed by atoms with Gasteiger partial charge in [-0.2, -0.15) is 0 Å². The smallest absolute Gasteiger partial charge is 0.124 e. The van der Waals surface area contributed by atoms with E-state index in [4.69, 9.17) is 4.98 Å². The van der Waals surface area contributed by atoms with Gasteiger partial charge in [-0.3, -0.25) is 0 Å². The second kappa shape index (κ2) is 12.1. The van der Waals surface area contributed by atoms with Crippen molar-refractivity contribution < 1.29 is 0 Å². The molecule has 5 heteroatoms. The van der Waals surface area contributed by atoms with E-state index in [1.165, 1.54) is 20.2 Å². The number of nitrogens with zero attached hydrogens (tertiary/aromatic N) is 3. The van der Waals surface area contributed by atoms with Crippen molar-refractivity contribution >= 4 is 87.2 Å². The third-order valence-corrected chi connectivity index (χ3v) is 10.9. The van der Waals surface area contributed by atoms with Crippen molar-refractivity contribution in [1.29, 1.82) is 0 Å². The summed E-state index contributed by atoms with van der Waals surface area (Å²) in [5, 5.41) is 3.57. The van der Waals surface area contributed by atoms with Crippen LogP contribution in [0.1, 0.15) is 0 Å². The van der Waals surface area contributed by atoms with Gasteiger partial charge >= 0.3 is 0 Å². The van der Waals surface area contributed by atoms with E-state index in [9.17, 15) is 0 Å². The number of thiazole rings is 1. The van der Waals surface area contributed by atoms with Crippen molar-refractivity contribution in [2.75, 3.05) is 9.80 Å². The Bertz CT molecular complexity index is 2310. The van der Waals surface area contributed by atoms with Gasteiger partial charge in [0.05, 0.1) is 16.1 Å². The molecule has 9 aromatic rings. The van der Waals surface area contributed by atoms with E-state index in [0.717, 1.165) is 54.9 Å². The number of thiophene rings is 1. The molecular formula is C43H29N3S2. The van der Waals surface area contributed by atoms with Gasteiger partial charge in [-0.25, -0.2) is 4.98 Å². The summed E-state index contributed by atoms with van der Waals surface area (Å²) in [6.45, 7) is 0. The van der Waals surface area contributed by atoms with Crippen molar-refractivity contribution in [3.05, 3.63) is 176 Å². The van der Waals surface area contributed by atoms with Crippen LogP contribution in [0.2, 0.25) is 0 Å². The minimum absolute atomic E-state index is 0.965. The van der Waals surface area contributed by atoms with Gasteiger partial charge in [0, 0.05) is 48.5 Å². The van der Waals surface area contributed by atoms with Gasteiger partial charge in [-0.05, 0) is 78.9 Å². The highest BCUT2D eigenvalue weighted by molar-refractivity contribution is 7.26. The number of para-hydroxylation sites is 4. The summed E-state index contributed by atoms with van der Waals surface area (Å²) >= 11 is 3.60. The first kappa shape index (κ1) is 28.5. The Labute approximate surface area is 287 Å². The van der Waals surface area contributed by atoms with Gasteiger partial charge in [0.1, 0.15) is 10.5 Å². The Morgan fingerprint density at radius 3 is 1.46 bits per heavy atom. The number of fused-ring (bicyclic) bond motifs is 4. The molecule has 0 bridgehead atoms. The first-order valence-electron chi connectivity index (χ1n) is 16.0. The Hall–Kier alpha value is -5.75. The largest absolute Gasteiger partial charge is 0.309 e. The Morgan fingerprint density at radius 1 is 0.396 bits per heavy atom. The van der Waals surface area contributed by atoms with Crippen LogP contribution in [0.15, 0.2) is 176 Å². The van der Waals surface area contributed by atoms with Crippen LogP contribution in [0.25, 0.3) is 41.0 Å². The zero-order chi connectivity index (χ0) is 31.9. The van der Waals surface area contributed by atoms with Crippen molar-refractivity contribution in [2.24, 2.45) is 0 Å². The summed E-state index contributed by atoms with van der Waals surface area (Å²) in [4.78, 5) is 10.2. The van der Waals surface area contributed by atoms with Gasteiger partial charge in [0.25, 0.3) is 0 Å². The van der Waals surface area contributed by atoms with E-state index in [1.54, 1.807) is 11.3 Å². The molecule has 0 radical (unpaired) electrons. The number of hydrogen-bond donors (Lipinski definition) is 0. The monoisotopic (exact) mass is 651 g/mol. The summed E-state index contributed by atoms with van der Waals surface area (Å²) in [5.41, 5.74) is 8.59. The first-order chi connectivity index (χ1) is 23.8. The SMILES string of the molecule is c1ccc(N(c2ccccc2)c2ccc(N(c3ccccc3)c3ccccc3)c3sc(-c4ccc5sc6ccccc6c5c4)nc23)cc1. The predicted molar refractivity (Wildman–Crippen MR) is 207 cm³/mol. The molecule has 3 nitrogen and oxygen atoms in total. The predicted octanol–water partition coefficient (Wildman–Crippen LogP) is 13.3. The van der Waals surface area contributed by atoms with Crippen molar-refractivity contribution in [3.63, 3.8) is 0 Å². The summed E-state index contributed by atoms with van der Waals surface area (Å²) in [6, 6.07) is 62.3. The van der Waals surface area contributed by atoms with Crippen LogP contribution in [0.5, 0.6) is 0 Å². The highest BCUT2D eigenvalue weighted by atomic mass is 32.1. The molecule has 0 aliphatic carbocycles. The molecule has 7 aromatic carbocycles. The molecule has 9 rings (SSSR count). The van der Waals surface area contributed by atoms with Crippen LogP contribution in [0.4, 0.5) is 34.1 Å². The summed E-state index contributed by atoms with van der Waals surface area (Å²) < 4.78 is 3.73. The number of anilines is 6. The van der Waals surface area contributed by atoms with Crippen molar-refractivity contribution in [1.82, 2.24) is 4.98 Å². The number of hydrogen-bond acceptors (Lipinski definition) is 5. The Kier molecular flexibility index (Phi) is 7.19. The van der Waals surface area contributed by atoms with E-state index < -0.39 is 0 Å². The van der Waals surface area contributed by atoms with E-state index in [-0.39, 0.29) is 0 Å². The average Bonchev–Trinajstić information content (AvgIpc) is 3.77. The second-order valence-corrected chi connectivity index (χ2v) is 13.7. The fourth-order valence-corrected chi connectivity index (χ4v) is 8.65. The number of rotatable bonds is 7. The molecule has 0 fully saturated rings. The van der Waals surface area contributed by atoms with Crippen LogP contribution in [0.3, 0.4) is 0 Å². The summed E-state index contributed by atoms with van der Waals surface area (Å²) in [7, 11) is 0. The average molecular weight is 652 g/mol. The van der Waals surface area contributed by atoms with E-state index in [2.05, 4.69) is 186 Å².